The van der Waals surface area contributed by atoms with Crippen LogP contribution in [0.3, 0.4) is 0 Å². The van der Waals surface area contributed by atoms with Crippen molar-refractivity contribution in [2.24, 2.45) is 0 Å². The van der Waals surface area contributed by atoms with Gasteiger partial charge < -0.3 is 9.72 Å². The van der Waals surface area contributed by atoms with E-state index in [1.807, 2.05) is 19.9 Å². The minimum Gasteiger partial charge on any atom is -0.496 e. The summed E-state index contributed by atoms with van der Waals surface area (Å²) in [7, 11) is 1.67. The van der Waals surface area contributed by atoms with Crippen LogP contribution in [0.5, 0.6) is 5.75 Å². The minimum absolute atomic E-state index is 0.300. The van der Waals surface area contributed by atoms with Crippen LogP contribution < -0.4 is 4.74 Å². The number of ether oxygens (including phenoxy) is 1. The molecule has 0 amide bonds. The van der Waals surface area contributed by atoms with E-state index in [0.717, 1.165) is 28.1 Å². The number of methoxy groups -OCH3 is 1. The van der Waals surface area contributed by atoms with Crippen molar-refractivity contribution < 1.29 is 4.74 Å². The highest BCUT2D eigenvalue weighted by atomic mass is 16.5. The third kappa shape index (κ3) is 2.21. The molecule has 4 heteroatoms. The highest BCUT2D eigenvalue weighted by Crippen LogP contribution is 2.28. The van der Waals surface area contributed by atoms with Crippen molar-refractivity contribution in [1.29, 1.82) is 5.26 Å². The summed E-state index contributed by atoms with van der Waals surface area (Å²) in [6.07, 6.45) is 2.06. The van der Waals surface area contributed by atoms with E-state index in [1.165, 1.54) is 0 Å². The van der Waals surface area contributed by atoms with E-state index in [1.54, 1.807) is 13.3 Å². The topological polar surface area (TPSA) is 61.7 Å². The lowest BCUT2D eigenvalue weighted by molar-refractivity contribution is 0.411. The van der Waals surface area contributed by atoms with Gasteiger partial charge in [0.15, 0.2) is 0 Å². The quantitative estimate of drug-likeness (QED) is 0.898. The van der Waals surface area contributed by atoms with Crippen molar-refractivity contribution in [1.82, 2.24) is 9.97 Å². The summed E-state index contributed by atoms with van der Waals surface area (Å²) < 4.78 is 5.29. The molecule has 0 bridgehead atoms. The van der Waals surface area contributed by atoms with E-state index in [2.05, 4.69) is 22.1 Å². The molecule has 1 heterocycles. The number of aromatic amines is 1. The van der Waals surface area contributed by atoms with Gasteiger partial charge in [-0.3, -0.25) is 0 Å². The summed E-state index contributed by atoms with van der Waals surface area (Å²) in [5.41, 5.74) is 4.22. The summed E-state index contributed by atoms with van der Waals surface area (Å²) in [5.74, 6) is 1.58. The van der Waals surface area contributed by atoms with Gasteiger partial charge in [0, 0.05) is 5.56 Å². The molecular formula is C14H15N3O. The maximum absolute atomic E-state index is 8.64. The van der Waals surface area contributed by atoms with Crippen molar-refractivity contribution in [2.45, 2.75) is 20.3 Å². The highest BCUT2D eigenvalue weighted by molar-refractivity contribution is 5.66. The van der Waals surface area contributed by atoms with Gasteiger partial charge in [0.2, 0.25) is 0 Å². The summed E-state index contributed by atoms with van der Waals surface area (Å²) >= 11 is 0. The van der Waals surface area contributed by atoms with E-state index < -0.39 is 0 Å². The lowest BCUT2D eigenvalue weighted by atomic mass is 10.0. The molecule has 2 aromatic rings. The van der Waals surface area contributed by atoms with Gasteiger partial charge in [-0.1, -0.05) is 0 Å². The molecule has 92 valence electrons. The van der Waals surface area contributed by atoms with Crippen LogP contribution in [-0.2, 0) is 6.42 Å². The van der Waals surface area contributed by atoms with Gasteiger partial charge in [-0.25, -0.2) is 4.98 Å². The molecule has 4 nitrogen and oxygen atoms in total. The van der Waals surface area contributed by atoms with E-state index in [0.29, 0.717) is 12.2 Å². The van der Waals surface area contributed by atoms with Crippen LogP contribution in [0.2, 0.25) is 0 Å². The summed E-state index contributed by atoms with van der Waals surface area (Å²) in [4.78, 5) is 7.35. The van der Waals surface area contributed by atoms with Gasteiger partial charge in [0.05, 0.1) is 31.5 Å². The number of H-pyrrole nitrogens is 1. The number of hydrogen-bond acceptors (Lipinski definition) is 3. The summed E-state index contributed by atoms with van der Waals surface area (Å²) in [5, 5.41) is 8.64. The first kappa shape index (κ1) is 12.2. The van der Waals surface area contributed by atoms with Gasteiger partial charge in [-0.15, -0.1) is 0 Å². The fourth-order valence-corrected chi connectivity index (χ4v) is 1.96. The largest absolute Gasteiger partial charge is 0.496 e. The Morgan fingerprint density at radius 2 is 2.11 bits per heavy atom. The maximum atomic E-state index is 8.64. The molecule has 0 aliphatic carbocycles. The Kier molecular flexibility index (Phi) is 3.33. The van der Waals surface area contributed by atoms with E-state index in [-0.39, 0.29) is 0 Å². The maximum Gasteiger partial charge on any atom is 0.122 e. The smallest absolute Gasteiger partial charge is 0.122 e. The van der Waals surface area contributed by atoms with Crippen molar-refractivity contribution >= 4 is 0 Å². The molecule has 0 atom stereocenters. The number of aryl methyl sites for hydroxylation is 2. The average Bonchev–Trinajstić information content (AvgIpc) is 2.80. The van der Waals surface area contributed by atoms with Crippen molar-refractivity contribution in [3.05, 3.63) is 35.3 Å². The fraction of sp³-hybridized carbons (Fsp3) is 0.286. The second-order valence-electron chi connectivity index (χ2n) is 4.22. The molecular weight excluding hydrogens is 226 g/mol. The number of nitrogens with one attached hydrogen (secondary N) is 1. The number of nitriles is 1. The Bertz CT molecular complexity index is 608. The van der Waals surface area contributed by atoms with E-state index in [4.69, 9.17) is 10.00 Å². The lowest BCUT2D eigenvalue weighted by Gasteiger charge is -2.09. The Morgan fingerprint density at radius 3 is 2.78 bits per heavy atom. The summed E-state index contributed by atoms with van der Waals surface area (Å²) in [6.45, 7) is 4.04. The molecule has 0 saturated heterocycles. The van der Waals surface area contributed by atoms with Crippen LogP contribution in [0.4, 0.5) is 0 Å². The summed E-state index contributed by atoms with van der Waals surface area (Å²) in [6, 6.07) is 6.16. The van der Waals surface area contributed by atoms with Crippen molar-refractivity contribution in [3.8, 4) is 23.1 Å². The standard InChI is InChI=1S/C14H15N3O/c1-9-7-13(18-3)10(2)6-11(9)12-8-16-14(17-12)4-5-15/h6-8H,4H2,1-3H3,(H,16,17). The molecule has 0 aliphatic rings. The molecule has 0 unspecified atom stereocenters. The third-order valence-corrected chi connectivity index (χ3v) is 2.91. The van der Waals surface area contributed by atoms with Crippen LogP contribution in [0.1, 0.15) is 17.0 Å². The van der Waals surface area contributed by atoms with E-state index in [9.17, 15) is 0 Å². The van der Waals surface area contributed by atoms with Crippen molar-refractivity contribution in [2.75, 3.05) is 7.11 Å². The van der Waals surface area contributed by atoms with Crippen LogP contribution in [0.25, 0.3) is 11.3 Å². The Hall–Kier alpha value is -2.28. The molecule has 0 radical (unpaired) electrons. The number of aromatic nitrogens is 2. The Labute approximate surface area is 106 Å². The predicted molar refractivity (Wildman–Crippen MR) is 69.4 cm³/mol. The number of nitrogens with zero attached hydrogens (tertiary/aromatic N) is 2. The molecule has 1 aromatic carbocycles. The highest BCUT2D eigenvalue weighted by Gasteiger charge is 2.09. The second kappa shape index (κ2) is 4.92. The zero-order valence-corrected chi connectivity index (χ0v) is 10.7. The zero-order valence-electron chi connectivity index (χ0n) is 10.7. The van der Waals surface area contributed by atoms with Crippen LogP contribution in [0, 0.1) is 25.2 Å². The monoisotopic (exact) mass is 241 g/mol. The van der Waals surface area contributed by atoms with Gasteiger partial charge in [0.25, 0.3) is 0 Å². The zero-order chi connectivity index (χ0) is 13.1. The van der Waals surface area contributed by atoms with Crippen LogP contribution >= 0.6 is 0 Å². The molecule has 1 N–H and O–H groups in total. The first-order chi connectivity index (χ1) is 8.65. The Morgan fingerprint density at radius 1 is 1.33 bits per heavy atom. The molecule has 1 aromatic heterocycles. The lowest BCUT2D eigenvalue weighted by Crippen LogP contribution is -1.92. The number of imidazole rings is 1. The van der Waals surface area contributed by atoms with Gasteiger partial charge in [-0.05, 0) is 37.1 Å². The molecule has 18 heavy (non-hydrogen) atoms. The van der Waals surface area contributed by atoms with Gasteiger partial charge in [-0.2, -0.15) is 5.26 Å². The fourth-order valence-electron chi connectivity index (χ4n) is 1.96. The third-order valence-electron chi connectivity index (χ3n) is 2.91. The minimum atomic E-state index is 0.300. The predicted octanol–water partition coefficient (Wildman–Crippen LogP) is 2.77. The molecule has 0 saturated carbocycles. The molecule has 0 spiro atoms. The van der Waals surface area contributed by atoms with E-state index >= 15 is 0 Å². The van der Waals surface area contributed by atoms with Crippen LogP contribution in [-0.4, -0.2) is 17.1 Å². The van der Waals surface area contributed by atoms with Crippen LogP contribution in [0.15, 0.2) is 18.3 Å². The van der Waals surface area contributed by atoms with Crippen molar-refractivity contribution in [3.63, 3.8) is 0 Å². The molecule has 2 rings (SSSR count). The first-order valence-electron chi connectivity index (χ1n) is 5.72. The van der Waals surface area contributed by atoms with Gasteiger partial charge >= 0.3 is 0 Å². The number of rotatable bonds is 3. The molecule has 0 aliphatic heterocycles. The first-order valence-corrected chi connectivity index (χ1v) is 5.72. The Balaban J connectivity index is 2.44. The van der Waals surface area contributed by atoms with Gasteiger partial charge in [0.1, 0.15) is 11.6 Å². The normalized spacial score (nSPS) is 10.1. The number of benzene rings is 1. The number of hydrogen-bond donors (Lipinski definition) is 1. The average molecular weight is 241 g/mol. The SMILES string of the molecule is COc1cc(C)c(-c2cnc(CC#N)[nH]2)cc1C. The second-order valence-corrected chi connectivity index (χ2v) is 4.22. The molecule has 0 fully saturated rings.